The molecule has 3 rings (SSSR count). The highest BCUT2D eigenvalue weighted by Crippen LogP contribution is 2.70. The smallest absolute Gasteiger partial charge is 0.397 e. The van der Waals surface area contributed by atoms with Gasteiger partial charge < -0.3 is 4.18 Å². The molecule has 0 saturated heterocycles. The van der Waals surface area contributed by atoms with Gasteiger partial charge in [-0.05, 0) is 79.6 Å². The van der Waals surface area contributed by atoms with E-state index in [9.17, 15) is 35.5 Å². The highest BCUT2D eigenvalue weighted by Gasteiger charge is 2.77. The first-order valence-corrected chi connectivity index (χ1v) is 15.5. The van der Waals surface area contributed by atoms with Gasteiger partial charge in [-0.15, -0.1) is 0 Å². The van der Waals surface area contributed by atoms with Crippen molar-refractivity contribution in [3.8, 4) is 0 Å². The van der Waals surface area contributed by atoms with E-state index < -0.39 is 34.3 Å². The SMILES string of the molecule is CC(C)(C)c1ccc(S(OC(=O)C(F)(F)C(F)(F)C(F)(F)F)(c2ccc(C(C)(C)C)cc2)c2ccc(C(C)(C)C)cc2)cc1. The van der Waals surface area contributed by atoms with E-state index in [0.29, 0.717) is 0 Å². The summed E-state index contributed by atoms with van der Waals surface area (Å²) in [5.41, 5.74) is 1.50. The summed E-state index contributed by atoms with van der Waals surface area (Å²) in [4.78, 5) is 13.5. The van der Waals surface area contributed by atoms with Crippen LogP contribution in [-0.2, 0) is 25.2 Å². The molecule has 44 heavy (non-hydrogen) atoms. The fraction of sp³-hybridized carbons (Fsp3) is 0.441. The molecule has 0 aliphatic carbocycles. The highest BCUT2D eigenvalue weighted by atomic mass is 32.3. The maximum absolute atomic E-state index is 14.9. The van der Waals surface area contributed by atoms with E-state index in [0.717, 1.165) is 16.7 Å². The molecule has 0 radical (unpaired) electrons. The molecule has 10 heteroatoms. The first kappa shape index (κ1) is 35.5. The van der Waals surface area contributed by atoms with Gasteiger partial charge in [0, 0.05) is 14.7 Å². The Kier molecular flexibility index (Phi) is 9.20. The van der Waals surface area contributed by atoms with E-state index in [1.807, 2.05) is 62.3 Å². The lowest BCUT2D eigenvalue weighted by molar-refractivity contribution is -0.346. The quantitative estimate of drug-likeness (QED) is 0.250. The number of alkyl halides is 7. The molecule has 0 aromatic heterocycles. The first-order chi connectivity index (χ1) is 19.8. The Bertz CT molecular complexity index is 1320. The van der Waals surface area contributed by atoms with Gasteiger partial charge in [-0.1, -0.05) is 98.7 Å². The van der Waals surface area contributed by atoms with Crippen LogP contribution in [0.5, 0.6) is 0 Å². The molecule has 2 nitrogen and oxygen atoms in total. The van der Waals surface area contributed by atoms with Gasteiger partial charge in [-0.25, -0.2) is 4.79 Å². The molecule has 242 valence electrons. The Morgan fingerprint density at radius 2 is 0.750 bits per heavy atom. The zero-order valence-corrected chi connectivity index (χ0v) is 27.1. The van der Waals surface area contributed by atoms with Crippen LogP contribution in [0, 0.1) is 0 Å². The lowest BCUT2D eigenvalue weighted by Gasteiger charge is -2.41. The molecule has 0 amide bonds. The molecule has 0 atom stereocenters. The molecule has 0 aliphatic heterocycles. The van der Waals surface area contributed by atoms with Crippen LogP contribution in [0.25, 0.3) is 0 Å². The molecule has 3 aromatic carbocycles. The molecule has 3 aromatic rings. The summed E-state index contributed by atoms with van der Waals surface area (Å²) in [6, 6.07) is 19.4. The van der Waals surface area contributed by atoms with Crippen molar-refractivity contribution in [2.24, 2.45) is 0 Å². The van der Waals surface area contributed by atoms with Gasteiger partial charge >= 0.3 is 24.0 Å². The van der Waals surface area contributed by atoms with E-state index >= 15 is 0 Å². The molecule has 0 fully saturated rings. The summed E-state index contributed by atoms with van der Waals surface area (Å²) in [5.74, 6) is -15.9. The minimum Gasteiger partial charge on any atom is -0.397 e. The summed E-state index contributed by atoms with van der Waals surface area (Å²) >= 11 is 0. The lowest BCUT2D eigenvalue weighted by atomic mass is 9.87. The van der Waals surface area contributed by atoms with Crippen molar-refractivity contribution < 1.29 is 39.7 Å². The molecular weight excluding hydrogens is 605 g/mol. The Morgan fingerprint density at radius 1 is 0.500 bits per heavy atom. The van der Waals surface area contributed by atoms with Crippen molar-refractivity contribution in [2.75, 3.05) is 0 Å². The molecule has 0 unspecified atom stereocenters. The highest BCUT2D eigenvalue weighted by molar-refractivity contribution is 8.30. The Labute approximate surface area is 256 Å². The number of rotatable bonds is 6. The molecular formula is C34H39F7O2S. The van der Waals surface area contributed by atoms with E-state index in [2.05, 4.69) is 0 Å². The van der Waals surface area contributed by atoms with E-state index in [1.165, 1.54) is 0 Å². The third-order valence-electron chi connectivity index (χ3n) is 7.36. The van der Waals surface area contributed by atoms with Crippen molar-refractivity contribution >= 4 is 16.3 Å². The zero-order chi connectivity index (χ0) is 33.7. The maximum atomic E-state index is 14.9. The second-order valence-electron chi connectivity index (χ2n) is 13.9. The zero-order valence-electron chi connectivity index (χ0n) is 26.3. The maximum Gasteiger partial charge on any atom is 0.460 e. The minimum absolute atomic E-state index is 0.164. The Morgan fingerprint density at radius 3 is 0.955 bits per heavy atom. The average molecular weight is 645 g/mol. The minimum atomic E-state index is -6.70. The molecule has 0 N–H and O–H groups in total. The summed E-state index contributed by atoms with van der Waals surface area (Å²) in [7, 11) is -3.64. The predicted molar refractivity (Wildman–Crippen MR) is 160 cm³/mol. The Hall–Kier alpha value is -3.01. The standard InChI is InChI=1S/C34H39F7O2S/c1-29(2,3)22-10-16-25(17-11-22)44(26-18-12-23(13-19-26)30(4,5)6,27-20-14-24(15-21-27)31(7,8)9)43-28(42)32(35,36)33(37,38)34(39,40)41/h10-21H,1-9H3. The fourth-order valence-corrected chi connectivity index (χ4v) is 7.46. The van der Waals surface area contributed by atoms with Gasteiger partial charge in [0.05, 0.1) is 0 Å². The summed E-state index contributed by atoms with van der Waals surface area (Å²) < 4.78 is 103. The van der Waals surface area contributed by atoms with Gasteiger partial charge in [0.2, 0.25) is 0 Å². The van der Waals surface area contributed by atoms with Crippen LogP contribution in [0.1, 0.15) is 79.0 Å². The topological polar surface area (TPSA) is 26.3 Å². The number of carbonyl (C=O) groups is 1. The van der Waals surface area contributed by atoms with Crippen LogP contribution >= 0.6 is 10.3 Å². The van der Waals surface area contributed by atoms with Crippen LogP contribution in [0.3, 0.4) is 0 Å². The van der Waals surface area contributed by atoms with Crippen molar-refractivity contribution in [2.45, 2.75) is 111 Å². The van der Waals surface area contributed by atoms with Crippen LogP contribution in [0.2, 0.25) is 0 Å². The van der Waals surface area contributed by atoms with Crippen molar-refractivity contribution in [1.82, 2.24) is 0 Å². The van der Waals surface area contributed by atoms with Crippen LogP contribution in [-0.4, -0.2) is 24.0 Å². The van der Waals surface area contributed by atoms with Crippen molar-refractivity contribution in [3.05, 3.63) is 89.5 Å². The third kappa shape index (κ3) is 6.65. The molecule has 0 heterocycles. The second-order valence-corrected chi connectivity index (χ2v) is 16.6. The van der Waals surface area contributed by atoms with E-state index in [4.69, 9.17) is 4.18 Å². The van der Waals surface area contributed by atoms with Gasteiger partial charge in [-0.3, -0.25) is 0 Å². The summed E-state index contributed by atoms with van der Waals surface area (Å²) in [6.07, 6.45) is -6.70. The molecule has 0 spiro atoms. The fourth-order valence-electron chi connectivity index (χ4n) is 4.46. The number of hydrogen-bond acceptors (Lipinski definition) is 2. The molecule has 0 bridgehead atoms. The summed E-state index contributed by atoms with van der Waals surface area (Å²) in [6.45, 7) is 17.5. The van der Waals surface area contributed by atoms with Crippen LogP contribution in [0.4, 0.5) is 30.7 Å². The number of carbonyl (C=O) groups excluding carboxylic acids is 1. The van der Waals surface area contributed by atoms with Gasteiger partial charge in [0.1, 0.15) is 0 Å². The largest absolute Gasteiger partial charge is 0.460 e. The van der Waals surface area contributed by atoms with Crippen LogP contribution in [0.15, 0.2) is 87.5 Å². The molecule has 0 aliphatic rings. The molecule has 0 saturated carbocycles. The predicted octanol–water partition coefficient (Wildman–Crippen LogP) is 11.2. The van der Waals surface area contributed by atoms with Crippen molar-refractivity contribution in [3.63, 3.8) is 0 Å². The van der Waals surface area contributed by atoms with Crippen LogP contribution < -0.4 is 0 Å². The first-order valence-electron chi connectivity index (χ1n) is 14.0. The monoisotopic (exact) mass is 644 g/mol. The van der Waals surface area contributed by atoms with Gasteiger partial charge in [-0.2, -0.15) is 30.7 Å². The Balaban J connectivity index is 2.42. The van der Waals surface area contributed by atoms with E-state index in [1.54, 1.807) is 72.8 Å². The normalized spacial score (nSPS) is 14.4. The lowest BCUT2D eigenvalue weighted by Crippen LogP contribution is -2.56. The third-order valence-corrected chi connectivity index (χ3v) is 10.6. The summed E-state index contributed by atoms with van der Waals surface area (Å²) in [5, 5.41) is 0. The van der Waals surface area contributed by atoms with Gasteiger partial charge in [0.15, 0.2) is 0 Å². The van der Waals surface area contributed by atoms with Gasteiger partial charge in [0.25, 0.3) is 0 Å². The van der Waals surface area contributed by atoms with E-state index in [-0.39, 0.29) is 30.9 Å². The number of halogens is 7. The number of benzene rings is 3. The number of hydrogen-bond donors (Lipinski definition) is 0. The average Bonchev–Trinajstić information content (AvgIpc) is 2.89. The van der Waals surface area contributed by atoms with Crippen molar-refractivity contribution in [1.29, 1.82) is 0 Å². The second kappa shape index (κ2) is 11.4.